The lowest BCUT2D eigenvalue weighted by atomic mass is 9.98. The lowest BCUT2D eigenvalue weighted by Gasteiger charge is -2.15. The second kappa shape index (κ2) is 30.8. The molecule has 15 rings (SSSR count). The van der Waals surface area contributed by atoms with E-state index < -0.39 is 0 Å². The van der Waals surface area contributed by atoms with Gasteiger partial charge < -0.3 is 48.8 Å². The molecular weight excluding hydrogens is 1340 g/mol. The van der Waals surface area contributed by atoms with Crippen LogP contribution in [0, 0.1) is 75.5 Å². The van der Waals surface area contributed by atoms with Crippen molar-refractivity contribution in [2.24, 2.45) is 21.1 Å². The molecule has 0 atom stereocenters. The standard InChI is InChI=1S/C30H27N7O2.2C26H21N7O/c1-18-14-23(21-8-10-22(11-9-21)29(38)36(3)4)15-19(2)26(18)39-28-25-27(32-17-37(25)5)34-30(35-28)33-24-12-6-20(16-31)7-13-24;1-16-12-20(19-8-10-28-11-9-19)13-17(2)23(16)34-25-22-24(29-15-33(22)3)31-26(32-25)30-21-6-4-18(14-27)5-7-21;1-16-12-20(19-8-10-28-11-9-19)13-17(2)23(16)34-25-22-24(33(3)15-29-22)31-26(32-25)30-21-6-4-18(14-27)5-7-21/h6-15,17H,1-5H3,(H,33,34,35);2*4-13,15H,1-3H3,(H,30,31,32). The summed E-state index contributed by atoms with van der Waals surface area (Å²) in [6.45, 7) is 12.1. The van der Waals surface area contributed by atoms with Crippen molar-refractivity contribution < 1.29 is 19.0 Å². The van der Waals surface area contributed by atoms with E-state index in [9.17, 15) is 4.79 Å². The minimum Gasteiger partial charge on any atom is -0.436 e. The number of nitrogens with zero attached hydrogens (tertiary/aromatic N) is 18. The molecule has 15 aromatic rings. The topological polar surface area (TPSA) is 312 Å². The SMILES string of the molecule is Cc1cc(-c2ccc(C(=O)N(C)C)cc2)cc(C)c1Oc1nc(Nc2ccc(C#N)cc2)nc2ncn(C)c12.Cc1cc(-c2ccncc2)cc(C)c1Oc1nc(Nc2ccc(C#N)cc2)nc2c1ncn2C.Cc1cc(-c2ccncc2)cc(C)c1Oc1nc(Nc2ccc(C#N)cc2)nc2ncn(C)c12. The minimum atomic E-state index is -0.0305. The van der Waals surface area contributed by atoms with Gasteiger partial charge in [-0.25, -0.2) is 15.0 Å². The van der Waals surface area contributed by atoms with Gasteiger partial charge in [-0.1, -0.05) is 12.1 Å². The van der Waals surface area contributed by atoms with Crippen LogP contribution in [0.1, 0.15) is 60.4 Å². The van der Waals surface area contributed by atoms with Crippen molar-refractivity contribution >= 4 is 74.3 Å². The first-order valence-corrected chi connectivity index (χ1v) is 33.7. The molecule has 1 amide bonds. The van der Waals surface area contributed by atoms with Crippen LogP contribution in [0.2, 0.25) is 0 Å². The van der Waals surface area contributed by atoms with Gasteiger partial charge in [0.2, 0.25) is 17.8 Å². The number of benzene rings is 7. The molecule has 0 aliphatic heterocycles. The summed E-state index contributed by atoms with van der Waals surface area (Å²) >= 11 is 0. The number of pyridine rings is 2. The second-order valence-corrected chi connectivity index (χ2v) is 25.5. The van der Waals surface area contributed by atoms with Crippen LogP contribution in [-0.4, -0.2) is 93.4 Å². The molecule has 25 nitrogen and oxygen atoms in total. The van der Waals surface area contributed by atoms with Gasteiger partial charge in [0.1, 0.15) is 17.2 Å². The number of carbonyl (C=O) groups excluding carboxylic acids is 1. The van der Waals surface area contributed by atoms with E-state index in [1.807, 2.05) is 137 Å². The minimum absolute atomic E-state index is 0.0305. The number of ether oxygens (including phenoxy) is 3. The van der Waals surface area contributed by atoms with Crippen LogP contribution in [0.5, 0.6) is 34.9 Å². The smallest absolute Gasteiger partial charge is 0.253 e. The van der Waals surface area contributed by atoms with E-state index in [1.165, 1.54) is 0 Å². The van der Waals surface area contributed by atoms with E-state index in [-0.39, 0.29) is 5.91 Å². The third-order valence-electron chi connectivity index (χ3n) is 17.3. The van der Waals surface area contributed by atoms with Crippen molar-refractivity contribution in [1.82, 2.24) is 73.4 Å². The monoisotopic (exact) mass is 1410 g/mol. The predicted molar refractivity (Wildman–Crippen MR) is 410 cm³/mol. The molecule has 0 spiro atoms. The van der Waals surface area contributed by atoms with Gasteiger partial charge in [0.25, 0.3) is 23.5 Å². The molecule has 0 saturated carbocycles. The fourth-order valence-corrected chi connectivity index (χ4v) is 12.0. The number of nitriles is 3. The molecule has 526 valence electrons. The summed E-state index contributed by atoms with van der Waals surface area (Å²) in [5.41, 5.74) is 20.5. The van der Waals surface area contributed by atoms with Crippen LogP contribution in [0.25, 0.3) is 66.9 Å². The van der Waals surface area contributed by atoms with E-state index in [1.54, 1.807) is 123 Å². The number of fused-ring (bicyclic) bond motifs is 3. The summed E-state index contributed by atoms with van der Waals surface area (Å²) in [5, 5.41) is 36.6. The zero-order valence-corrected chi connectivity index (χ0v) is 60.2. The molecule has 0 fully saturated rings. The van der Waals surface area contributed by atoms with Crippen LogP contribution in [0.4, 0.5) is 34.9 Å². The Hall–Kier alpha value is -14.8. The van der Waals surface area contributed by atoms with E-state index in [0.29, 0.717) is 97.0 Å². The Labute approximate surface area is 615 Å². The third kappa shape index (κ3) is 15.8. The van der Waals surface area contributed by atoms with Gasteiger partial charge in [0, 0.05) is 82.7 Å². The van der Waals surface area contributed by atoms with E-state index in [2.05, 4.69) is 125 Å². The largest absolute Gasteiger partial charge is 0.436 e. The zero-order chi connectivity index (χ0) is 75.0. The number of imidazole rings is 3. The number of nitrogens with one attached hydrogen (secondary N) is 3. The van der Waals surface area contributed by atoms with Crippen LogP contribution in [0.15, 0.2) is 201 Å². The maximum atomic E-state index is 12.2. The Morgan fingerprint density at radius 3 is 1.07 bits per heavy atom. The van der Waals surface area contributed by atoms with E-state index in [0.717, 1.165) is 95.3 Å². The number of hydrogen-bond donors (Lipinski definition) is 3. The number of aromatic nitrogens is 14. The predicted octanol–water partition coefficient (Wildman–Crippen LogP) is 16.7. The maximum absolute atomic E-state index is 12.2. The van der Waals surface area contributed by atoms with Gasteiger partial charge in [0.15, 0.2) is 33.5 Å². The molecule has 0 bridgehead atoms. The molecule has 0 aliphatic rings. The van der Waals surface area contributed by atoms with Crippen LogP contribution >= 0.6 is 0 Å². The highest BCUT2D eigenvalue weighted by Crippen LogP contribution is 2.40. The molecular formula is C82H69N21O4. The summed E-state index contributed by atoms with van der Waals surface area (Å²) in [7, 11) is 9.10. The molecule has 7 aromatic carbocycles. The van der Waals surface area contributed by atoms with Crippen LogP contribution in [0.3, 0.4) is 0 Å². The number of anilines is 6. The maximum Gasteiger partial charge on any atom is 0.253 e. The molecule has 3 N–H and O–H groups in total. The highest BCUT2D eigenvalue weighted by Gasteiger charge is 2.22. The molecule has 0 radical (unpaired) electrons. The molecule has 107 heavy (non-hydrogen) atoms. The fourth-order valence-electron chi connectivity index (χ4n) is 12.0. The average molecular weight is 1410 g/mol. The summed E-state index contributed by atoms with van der Waals surface area (Å²) in [4.78, 5) is 62.9. The van der Waals surface area contributed by atoms with Crippen LogP contribution in [-0.2, 0) is 21.1 Å². The average Bonchev–Trinajstić information content (AvgIpc) is 1.66. The van der Waals surface area contributed by atoms with Gasteiger partial charge in [0.05, 0.1) is 53.9 Å². The van der Waals surface area contributed by atoms with Gasteiger partial charge >= 0.3 is 0 Å². The number of amides is 1. The van der Waals surface area contributed by atoms with E-state index >= 15 is 0 Å². The normalized spacial score (nSPS) is 10.8. The highest BCUT2D eigenvalue weighted by molar-refractivity contribution is 5.94. The molecule has 8 heterocycles. The first-order chi connectivity index (χ1) is 51.8. The number of rotatable bonds is 16. The van der Waals surface area contributed by atoms with Crippen molar-refractivity contribution in [3.05, 3.63) is 257 Å². The Bertz CT molecular complexity index is 5890. The number of carbonyl (C=O) groups is 1. The van der Waals surface area contributed by atoms with Gasteiger partial charge in [-0.2, -0.15) is 45.7 Å². The van der Waals surface area contributed by atoms with Gasteiger partial charge in [-0.15, -0.1) is 0 Å². The Balaban J connectivity index is 0.000000142. The molecule has 25 heteroatoms. The summed E-state index contributed by atoms with van der Waals surface area (Å²) < 4.78 is 24.7. The summed E-state index contributed by atoms with van der Waals surface area (Å²) in [5.74, 6) is 4.35. The molecule has 0 saturated heterocycles. The number of hydrogen-bond acceptors (Lipinski definition) is 21. The molecule has 0 aliphatic carbocycles. The van der Waals surface area contributed by atoms with Crippen molar-refractivity contribution in [3.8, 4) is 86.5 Å². The first kappa shape index (κ1) is 70.7. The quantitative estimate of drug-likeness (QED) is 0.0809. The Kier molecular flexibility index (Phi) is 20.4. The van der Waals surface area contributed by atoms with Crippen molar-refractivity contribution in [3.63, 3.8) is 0 Å². The first-order valence-electron chi connectivity index (χ1n) is 33.7. The van der Waals surface area contributed by atoms with Gasteiger partial charge in [-0.05, 0) is 254 Å². The highest BCUT2D eigenvalue weighted by atomic mass is 16.5. The second-order valence-electron chi connectivity index (χ2n) is 25.5. The van der Waals surface area contributed by atoms with E-state index in [4.69, 9.17) is 30.0 Å². The summed E-state index contributed by atoms with van der Waals surface area (Å²) in [6.07, 6.45) is 12.2. The molecule has 0 unspecified atom stereocenters. The van der Waals surface area contributed by atoms with Crippen LogP contribution < -0.4 is 30.2 Å². The number of aryl methyl sites for hydroxylation is 9. The summed E-state index contributed by atoms with van der Waals surface area (Å²) in [6, 6.07) is 55.5. The Morgan fingerprint density at radius 2 is 0.720 bits per heavy atom. The lowest BCUT2D eigenvalue weighted by molar-refractivity contribution is 0.0827. The zero-order valence-electron chi connectivity index (χ0n) is 60.2. The van der Waals surface area contributed by atoms with Crippen molar-refractivity contribution in [2.75, 3.05) is 30.0 Å². The Morgan fingerprint density at radius 1 is 0.393 bits per heavy atom. The fraction of sp³-hybridized carbons (Fsp3) is 0.134. The third-order valence-corrected chi connectivity index (χ3v) is 17.3. The van der Waals surface area contributed by atoms with Gasteiger partial charge in [-0.3, -0.25) is 14.8 Å². The van der Waals surface area contributed by atoms with Crippen molar-refractivity contribution in [1.29, 1.82) is 15.8 Å². The molecule has 8 aromatic heterocycles. The lowest BCUT2D eigenvalue weighted by Crippen LogP contribution is -2.21. The van der Waals surface area contributed by atoms with Crippen molar-refractivity contribution in [2.45, 2.75) is 41.5 Å².